The third kappa shape index (κ3) is 5.54. The highest BCUT2D eigenvalue weighted by atomic mass is 16.5. The Morgan fingerprint density at radius 1 is 1.22 bits per heavy atom. The fraction of sp³-hybridized carbons (Fsp3) is 0.462. The summed E-state index contributed by atoms with van der Waals surface area (Å²) >= 11 is 0. The van der Waals surface area contributed by atoms with Crippen LogP contribution < -0.4 is 20.1 Å². The van der Waals surface area contributed by atoms with Crippen LogP contribution in [0.1, 0.15) is 6.42 Å². The molecule has 0 radical (unpaired) electrons. The molecule has 5 heteroatoms. The Morgan fingerprint density at radius 2 is 1.89 bits per heavy atom. The van der Waals surface area contributed by atoms with Crippen LogP contribution in [0, 0.1) is 0 Å². The van der Waals surface area contributed by atoms with Gasteiger partial charge in [0.25, 0.3) is 0 Å². The normalized spacial score (nSPS) is 9.89. The fourth-order valence-electron chi connectivity index (χ4n) is 1.39. The van der Waals surface area contributed by atoms with Gasteiger partial charge in [-0.05, 0) is 37.7 Å². The second kappa shape index (κ2) is 8.36. The molecule has 0 bridgehead atoms. The van der Waals surface area contributed by atoms with Gasteiger partial charge in [-0.25, -0.2) is 0 Å². The van der Waals surface area contributed by atoms with Gasteiger partial charge in [0.15, 0.2) is 0 Å². The first kappa shape index (κ1) is 14.3. The second-order valence-corrected chi connectivity index (χ2v) is 3.76. The minimum atomic E-state index is 0.00180. The Kier molecular flexibility index (Phi) is 6.64. The van der Waals surface area contributed by atoms with E-state index in [2.05, 4.69) is 10.6 Å². The molecule has 0 spiro atoms. The molecule has 0 saturated carbocycles. The van der Waals surface area contributed by atoms with Crippen LogP contribution in [-0.2, 0) is 4.79 Å². The molecular formula is C13H20N2O3. The van der Waals surface area contributed by atoms with Crippen molar-refractivity contribution in [1.82, 2.24) is 10.6 Å². The standard InChI is InChI=1S/C13H20N2O3/c1-14-10-13(16)15-8-3-9-18-12-6-4-11(17-2)5-7-12/h4-7,14H,3,8-10H2,1-2H3,(H,15,16). The summed E-state index contributed by atoms with van der Waals surface area (Å²) in [6.45, 7) is 1.54. The van der Waals surface area contributed by atoms with Crippen LogP contribution in [0.4, 0.5) is 0 Å². The van der Waals surface area contributed by atoms with Crippen LogP contribution in [0.3, 0.4) is 0 Å². The number of likely N-dealkylation sites (N-methyl/N-ethyl adjacent to an activating group) is 1. The van der Waals surface area contributed by atoms with Crippen LogP contribution in [0.5, 0.6) is 11.5 Å². The molecule has 100 valence electrons. The molecule has 0 atom stereocenters. The van der Waals surface area contributed by atoms with Crippen molar-refractivity contribution in [2.24, 2.45) is 0 Å². The molecule has 1 aromatic rings. The van der Waals surface area contributed by atoms with Gasteiger partial charge in [0, 0.05) is 6.54 Å². The van der Waals surface area contributed by atoms with E-state index in [-0.39, 0.29) is 5.91 Å². The lowest BCUT2D eigenvalue weighted by atomic mass is 10.3. The van der Waals surface area contributed by atoms with Gasteiger partial charge in [-0.1, -0.05) is 0 Å². The zero-order valence-corrected chi connectivity index (χ0v) is 10.9. The number of amides is 1. The van der Waals surface area contributed by atoms with Crippen molar-refractivity contribution in [2.75, 3.05) is 33.9 Å². The van der Waals surface area contributed by atoms with E-state index in [9.17, 15) is 4.79 Å². The molecular weight excluding hydrogens is 232 g/mol. The molecule has 0 fully saturated rings. The molecule has 0 aliphatic heterocycles. The summed E-state index contributed by atoms with van der Waals surface area (Å²) in [5.74, 6) is 1.61. The summed E-state index contributed by atoms with van der Waals surface area (Å²) in [6.07, 6.45) is 0.779. The Hall–Kier alpha value is -1.75. The first-order valence-corrected chi connectivity index (χ1v) is 5.94. The largest absolute Gasteiger partial charge is 0.497 e. The average Bonchev–Trinajstić information content (AvgIpc) is 2.39. The zero-order chi connectivity index (χ0) is 13.2. The number of hydrogen-bond acceptors (Lipinski definition) is 4. The number of methoxy groups -OCH3 is 1. The van der Waals surface area contributed by atoms with Gasteiger partial charge in [-0.15, -0.1) is 0 Å². The predicted molar refractivity (Wildman–Crippen MR) is 70.0 cm³/mol. The Labute approximate surface area is 107 Å². The molecule has 2 N–H and O–H groups in total. The smallest absolute Gasteiger partial charge is 0.233 e. The third-order valence-electron chi connectivity index (χ3n) is 2.31. The maximum absolute atomic E-state index is 11.1. The van der Waals surface area contributed by atoms with Gasteiger partial charge in [0.2, 0.25) is 5.91 Å². The van der Waals surface area contributed by atoms with Gasteiger partial charge in [0.1, 0.15) is 11.5 Å². The third-order valence-corrected chi connectivity index (χ3v) is 2.31. The van der Waals surface area contributed by atoms with Crippen molar-refractivity contribution in [2.45, 2.75) is 6.42 Å². The summed E-state index contributed by atoms with van der Waals surface area (Å²) < 4.78 is 10.6. The molecule has 0 aliphatic carbocycles. The van der Waals surface area contributed by atoms with Crippen molar-refractivity contribution in [3.8, 4) is 11.5 Å². The number of nitrogens with one attached hydrogen (secondary N) is 2. The quantitative estimate of drug-likeness (QED) is 0.672. The molecule has 1 amide bonds. The van der Waals surface area contributed by atoms with E-state index in [1.165, 1.54) is 0 Å². The molecule has 18 heavy (non-hydrogen) atoms. The molecule has 0 heterocycles. The minimum absolute atomic E-state index is 0.00180. The van der Waals surface area contributed by atoms with Crippen molar-refractivity contribution in [1.29, 1.82) is 0 Å². The number of carbonyl (C=O) groups is 1. The van der Waals surface area contributed by atoms with Crippen molar-refractivity contribution in [3.05, 3.63) is 24.3 Å². The Morgan fingerprint density at radius 3 is 2.50 bits per heavy atom. The topological polar surface area (TPSA) is 59.6 Å². The molecule has 0 aromatic heterocycles. The van der Waals surface area contributed by atoms with Crippen molar-refractivity contribution < 1.29 is 14.3 Å². The molecule has 0 unspecified atom stereocenters. The number of benzene rings is 1. The van der Waals surface area contributed by atoms with E-state index in [0.29, 0.717) is 19.7 Å². The molecule has 5 nitrogen and oxygen atoms in total. The maximum atomic E-state index is 11.1. The first-order valence-electron chi connectivity index (χ1n) is 5.94. The van der Waals surface area contributed by atoms with Crippen LogP contribution >= 0.6 is 0 Å². The van der Waals surface area contributed by atoms with Gasteiger partial charge >= 0.3 is 0 Å². The van der Waals surface area contributed by atoms with Gasteiger partial charge in [-0.3, -0.25) is 4.79 Å². The molecule has 1 rings (SSSR count). The van der Waals surface area contributed by atoms with E-state index >= 15 is 0 Å². The summed E-state index contributed by atoms with van der Waals surface area (Å²) in [7, 11) is 3.37. The first-order chi connectivity index (χ1) is 8.76. The number of ether oxygens (including phenoxy) is 2. The number of hydrogen-bond donors (Lipinski definition) is 2. The van der Waals surface area contributed by atoms with Crippen LogP contribution in [-0.4, -0.2) is 39.8 Å². The lowest BCUT2D eigenvalue weighted by Gasteiger charge is -2.08. The van der Waals surface area contributed by atoms with Gasteiger partial charge in [-0.2, -0.15) is 0 Å². The van der Waals surface area contributed by atoms with Crippen molar-refractivity contribution >= 4 is 5.91 Å². The van der Waals surface area contributed by atoms with E-state index in [1.807, 2.05) is 24.3 Å². The maximum Gasteiger partial charge on any atom is 0.233 e. The average molecular weight is 252 g/mol. The van der Waals surface area contributed by atoms with Gasteiger partial charge < -0.3 is 20.1 Å². The van der Waals surface area contributed by atoms with Crippen LogP contribution in [0.25, 0.3) is 0 Å². The highest BCUT2D eigenvalue weighted by molar-refractivity contribution is 5.77. The molecule has 0 aliphatic rings. The van der Waals surface area contributed by atoms with E-state index in [0.717, 1.165) is 17.9 Å². The number of carbonyl (C=O) groups excluding carboxylic acids is 1. The SMILES string of the molecule is CNCC(=O)NCCCOc1ccc(OC)cc1. The summed E-state index contributed by atoms with van der Waals surface area (Å²) in [4.78, 5) is 11.1. The van der Waals surface area contributed by atoms with Gasteiger partial charge in [0.05, 0.1) is 20.3 Å². The molecule has 1 aromatic carbocycles. The molecule has 0 saturated heterocycles. The lowest BCUT2D eigenvalue weighted by molar-refractivity contribution is -0.120. The summed E-state index contributed by atoms with van der Waals surface area (Å²) in [6, 6.07) is 7.42. The second-order valence-electron chi connectivity index (χ2n) is 3.76. The number of rotatable bonds is 8. The summed E-state index contributed by atoms with van der Waals surface area (Å²) in [5.41, 5.74) is 0. The zero-order valence-electron chi connectivity index (χ0n) is 10.9. The summed E-state index contributed by atoms with van der Waals surface area (Å²) in [5, 5.41) is 5.58. The highest BCUT2D eigenvalue weighted by Gasteiger charge is 1.98. The van der Waals surface area contributed by atoms with E-state index in [1.54, 1.807) is 14.2 Å². The Balaban J connectivity index is 2.12. The predicted octanol–water partition coefficient (Wildman–Crippen LogP) is 0.800. The van der Waals surface area contributed by atoms with E-state index < -0.39 is 0 Å². The van der Waals surface area contributed by atoms with E-state index in [4.69, 9.17) is 9.47 Å². The highest BCUT2D eigenvalue weighted by Crippen LogP contribution is 2.16. The van der Waals surface area contributed by atoms with Crippen molar-refractivity contribution in [3.63, 3.8) is 0 Å². The lowest BCUT2D eigenvalue weighted by Crippen LogP contribution is -2.33. The fourth-order valence-corrected chi connectivity index (χ4v) is 1.39. The minimum Gasteiger partial charge on any atom is -0.497 e. The van der Waals surface area contributed by atoms with Crippen LogP contribution in [0.15, 0.2) is 24.3 Å². The Bertz CT molecular complexity index is 352. The monoisotopic (exact) mass is 252 g/mol. The van der Waals surface area contributed by atoms with Crippen LogP contribution in [0.2, 0.25) is 0 Å².